The zero-order chi connectivity index (χ0) is 11.4. The predicted octanol–water partition coefficient (Wildman–Crippen LogP) is 2.36. The van der Waals surface area contributed by atoms with E-state index in [1.165, 1.54) is 25.5 Å². The van der Waals surface area contributed by atoms with Crippen LogP contribution in [-0.2, 0) is 4.74 Å². The largest absolute Gasteiger partial charge is 0.465 e. The van der Waals surface area contributed by atoms with Gasteiger partial charge in [-0.15, -0.1) is 12.4 Å². The third kappa shape index (κ3) is 3.45. The van der Waals surface area contributed by atoms with Gasteiger partial charge in [0.15, 0.2) is 0 Å². The van der Waals surface area contributed by atoms with E-state index in [4.69, 9.17) is 4.74 Å². The lowest BCUT2D eigenvalue weighted by Gasteiger charge is -2.23. The third-order valence-electron chi connectivity index (χ3n) is 3.08. The Morgan fingerprint density at radius 1 is 1.47 bits per heavy atom. The normalized spacial score (nSPS) is 19.2. The van der Waals surface area contributed by atoms with Crippen LogP contribution in [-0.4, -0.2) is 26.2 Å². The molecule has 0 bridgehead atoms. The first kappa shape index (κ1) is 14.0. The number of hydrogen-bond acceptors (Lipinski definition) is 3. The van der Waals surface area contributed by atoms with Crippen molar-refractivity contribution in [3.05, 3.63) is 35.4 Å². The zero-order valence-electron chi connectivity index (χ0n) is 9.94. The predicted molar refractivity (Wildman–Crippen MR) is 69.9 cm³/mol. The first-order valence-electron chi connectivity index (χ1n) is 5.70. The molecule has 3 nitrogen and oxygen atoms in total. The van der Waals surface area contributed by atoms with Crippen molar-refractivity contribution in [2.75, 3.05) is 20.2 Å². The van der Waals surface area contributed by atoms with Crippen molar-refractivity contribution in [3.8, 4) is 0 Å². The van der Waals surface area contributed by atoms with Gasteiger partial charge >= 0.3 is 5.97 Å². The SMILES string of the molecule is COC(=O)c1cccc([C@@H]2CCCNC2)c1.Cl. The van der Waals surface area contributed by atoms with Crippen LogP contribution in [0.25, 0.3) is 0 Å². The lowest BCUT2D eigenvalue weighted by molar-refractivity contribution is 0.0600. The van der Waals surface area contributed by atoms with Crippen LogP contribution in [0.3, 0.4) is 0 Å². The van der Waals surface area contributed by atoms with Crippen molar-refractivity contribution >= 4 is 18.4 Å². The van der Waals surface area contributed by atoms with Crippen molar-refractivity contribution in [3.63, 3.8) is 0 Å². The number of methoxy groups -OCH3 is 1. The summed E-state index contributed by atoms with van der Waals surface area (Å²) >= 11 is 0. The second kappa shape index (κ2) is 6.62. The summed E-state index contributed by atoms with van der Waals surface area (Å²) in [6.07, 6.45) is 2.39. The van der Waals surface area contributed by atoms with Crippen molar-refractivity contribution in [2.24, 2.45) is 0 Å². The van der Waals surface area contributed by atoms with Crippen molar-refractivity contribution in [1.29, 1.82) is 0 Å². The van der Waals surface area contributed by atoms with Gasteiger partial charge in [0.25, 0.3) is 0 Å². The molecule has 1 aliphatic rings. The van der Waals surface area contributed by atoms with Crippen LogP contribution < -0.4 is 5.32 Å². The number of benzene rings is 1. The summed E-state index contributed by atoms with van der Waals surface area (Å²) in [6.45, 7) is 2.11. The van der Waals surface area contributed by atoms with Gasteiger partial charge in [0.05, 0.1) is 12.7 Å². The molecule has 0 unspecified atom stereocenters. The molecule has 2 rings (SSSR count). The number of carbonyl (C=O) groups excluding carboxylic acids is 1. The molecular weight excluding hydrogens is 238 g/mol. The van der Waals surface area contributed by atoms with Gasteiger partial charge in [0, 0.05) is 6.54 Å². The fourth-order valence-corrected chi connectivity index (χ4v) is 2.17. The highest BCUT2D eigenvalue weighted by atomic mass is 35.5. The Kier molecular flexibility index (Phi) is 5.45. The van der Waals surface area contributed by atoms with Crippen LogP contribution in [0.5, 0.6) is 0 Å². The molecule has 0 saturated carbocycles. The maximum absolute atomic E-state index is 11.4. The van der Waals surface area contributed by atoms with Crippen LogP contribution >= 0.6 is 12.4 Å². The lowest BCUT2D eigenvalue weighted by atomic mass is 9.91. The van der Waals surface area contributed by atoms with Crippen LogP contribution in [0.2, 0.25) is 0 Å². The fraction of sp³-hybridized carbons (Fsp3) is 0.462. The quantitative estimate of drug-likeness (QED) is 0.825. The molecule has 1 aromatic rings. The summed E-state index contributed by atoms with van der Waals surface area (Å²) in [5.74, 6) is 0.268. The second-order valence-corrected chi connectivity index (χ2v) is 4.16. The molecule has 1 heterocycles. The van der Waals surface area contributed by atoms with Crippen molar-refractivity contribution < 1.29 is 9.53 Å². The summed E-state index contributed by atoms with van der Waals surface area (Å²) in [7, 11) is 1.41. The Morgan fingerprint density at radius 2 is 2.29 bits per heavy atom. The number of hydrogen-bond donors (Lipinski definition) is 1. The Bertz CT molecular complexity index is 375. The highest BCUT2D eigenvalue weighted by molar-refractivity contribution is 5.89. The van der Waals surface area contributed by atoms with Crippen molar-refractivity contribution in [1.82, 2.24) is 5.32 Å². The smallest absolute Gasteiger partial charge is 0.337 e. The Morgan fingerprint density at radius 3 is 2.94 bits per heavy atom. The maximum atomic E-state index is 11.4. The number of halogens is 1. The molecule has 1 saturated heterocycles. The highest BCUT2D eigenvalue weighted by Gasteiger charge is 2.16. The molecule has 0 radical (unpaired) electrons. The van der Waals surface area contributed by atoms with Crippen LogP contribution in [0.15, 0.2) is 24.3 Å². The van der Waals surface area contributed by atoms with Gasteiger partial charge in [-0.2, -0.15) is 0 Å². The average Bonchev–Trinajstić information content (AvgIpc) is 2.39. The van der Waals surface area contributed by atoms with Crippen LogP contribution in [0.4, 0.5) is 0 Å². The molecule has 1 fully saturated rings. The lowest BCUT2D eigenvalue weighted by Crippen LogP contribution is -2.28. The van der Waals surface area contributed by atoms with Gasteiger partial charge in [-0.1, -0.05) is 12.1 Å². The zero-order valence-corrected chi connectivity index (χ0v) is 10.8. The third-order valence-corrected chi connectivity index (χ3v) is 3.08. The number of piperidine rings is 1. The molecule has 1 aromatic carbocycles. The molecule has 1 atom stereocenters. The molecule has 4 heteroatoms. The highest BCUT2D eigenvalue weighted by Crippen LogP contribution is 2.23. The van der Waals surface area contributed by atoms with Crippen LogP contribution in [0.1, 0.15) is 34.7 Å². The average molecular weight is 256 g/mol. The molecule has 0 spiro atoms. The molecule has 1 aliphatic heterocycles. The molecule has 94 valence electrons. The second-order valence-electron chi connectivity index (χ2n) is 4.16. The van der Waals surface area contributed by atoms with Gasteiger partial charge in [-0.25, -0.2) is 4.79 Å². The number of ether oxygens (including phenoxy) is 1. The first-order valence-corrected chi connectivity index (χ1v) is 5.70. The van der Waals surface area contributed by atoms with Gasteiger partial charge in [-0.05, 0) is 43.0 Å². The van der Waals surface area contributed by atoms with E-state index in [-0.39, 0.29) is 18.4 Å². The Balaban J connectivity index is 0.00000144. The van der Waals surface area contributed by atoms with E-state index in [9.17, 15) is 4.79 Å². The van der Waals surface area contributed by atoms with E-state index < -0.39 is 0 Å². The number of esters is 1. The minimum Gasteiger partial charge on any atom is -0.465 e. The summed E-state index contributed by atoms with van der Waals surface area (Å²) in [6, 6.07) is 7.76. The van der Waals surface area contributed by atoms with Gasteiger partial charge < -0.3 is 10.1 Å². The Hall–Kier alpha value is -1.06. The number of carbonyl (C=O) groups is 1. The summed E-state index contributed by atoms with van der Waals surface area (Å²) in [5.41, 5.74) is 1.88. The molecule has 0 amide bonds. The van der Waals surface area contributed by atoms with Gasteiger partial charge in [-0.3, -0.25) is 0 Å². The number of rotatable bonds is 2. The van der Waals surface area contributed by atoms with E-state index in [1.807, 2.05) is 12.1 Å². The molecule has 0 aromatic heterocycles. The summed E-state index contributed by atoms with van der Waals surface area (Å²) in [5, 5.41) is 3.38. The van der Waals surface area contributed by atoms with Gasteiger partial charge in [0.2, 0.25) is 0 Å². The minimum atomic E-state index is -0.259. The minimum absolute atomic E-state index is 0. The molecule has 17 heavy (non-hydrogen) atoms. The standard InChI is InChI=1S/C13H17NO2.ClH/c1-16-13(15)11-5-2-4-10(8-11)12-6-3-7-14-9-12;/h2,4-5,8,12,14H,3,6-7,9H2,1H3;1H/t12-;/m1./s1. The summed E-state index contributed by atoms with van der Waals surface area (Å²) in [4.78, 5) is 11.4. The van der Waals surface area contributed by atoms with Crippen LogP contribution in [0, 0.1) is 0 Å². The van der Waals surface area contributed by atoms with Gasteiger partial charge in [0.1, 0.15) is 0 Å². The topological polar surface area (TPSA) is 38.3 Å². The molecular formula is C13H18ClNO2. The van der Waals surface area contributed by atoms with E-state index in [2.05, 4.69) is 11.4 Å². The van der Waals surface area contributed by atoms with Crippen molar-refractivity contribution in [2.45, 2.75) is 18.8 Å². The first-order chi connectivity index (χ1) is 7.81. The number of nitrogens with one attached hydrogen (secondary N) is 1. The molecule has 0 aliphatic carbocycles. The van der Waals surface area contributed by atoms with E-state index in [0.717, 1.165) is 13.1 Å². The summed E-state index contributed by atoms with van der Waals surface area (Å²) < 4.78 is 4.72. The maximum Gasteiger partial charge on any atom is 0.337 e. The Labute approximate surface area is 108 Å². The van der Waals surface area contributed by atoms with E-state index in [1.54, 1.807) is 6.07 Å². The van der Waals surface area contributed by atoms with E-state index >= 15 is 0 Å². The monoisotopic (exact) mass is 255 g/mol. The fourth-order valence-electron chi connectivity index (χ4n) is 2.17. The molecule has 1 N–H and O–H groups in total. The van der Waals surface area contributed by atoms with E-state index in [0.29, 0.717) is 11.5 Å².